The molecule has 0 fully saturated rings. The first kappa shape index (κ1) is 13.2. The highest BCUT2D eigenvalue weighted by atomic mass is 16.1. The van der Waals surface area contributed by atoms with Crippen LogP contribution in [0.15, 0.2) is 48.8 Å². The van der Waals surface area contributed by atoms with Crippen molar-refractivity contribution in [3.05, 3.63) is 59.9 Å². The van der Waals surface area contributed by atoms with Crippen LogP contribution >= 0.6 is 0 Å². The Morgan fingerprint density at radius 2 is 2.00 bits per heavy atom. The predicted molar refractivity (Wildman–Crippen MR) is 72.3 cm³/mol. The number of nitrogens with zero attached hydrogens (tertiary/aromatic N) is 2. The number of hydrogen-bond donors (Lipinski definition) is 2. The van der Waals surface area contributed by atoms with Gasteiger partial charge in [-0.25, -0.2) is 0 Å². The summed E-state index contributed by atoms with van der Waals surface area (Å²) in [6.45, 7) is 2.20. The van der Waals surface area contributed by atoms with Crippen LogP contribution in [0.1, 0.15) is 22.8 Å². The molecule has 0 bridgehead atoms. The molecule has 1 amide bonds. The van der Waals surface area contributed by atoms with Gasteiger partial charge in [0.25, 0.3) is 5.91 Å². The van der Waals surface area contributed by atoms with Gasteiger partial charge in [-0.1, -0.05) is 30.3 Å². The zero-order valence-corrected chi connectivity index (χ0v) is 10.7. The maximum atomic E-state index is 12.2. The van der Waals surface area contributed by atoms with Gasteiger partial charge in [0.2, 0.25) is 0 Å². The van der Waals surface area contributed by atoms with Crippen molar-refractivity contribution in [3.63, 3.8) is 0 Å². The molecule has 0 aliphatic heterocycles. The fraction of sp³-hybridized carbons (Fsp3) is 0.214. The van der Waals surface area contributed by atoms with Crippen LogP contribution in [0.5, 0.6) is 0 Å². The van der Waals surface area contributed by atoms with E-state index >= 15 is 0 Å². The van der Waals surface area contributed by atoms with Gasteiger partial charge in [0.05, 0.1) is 23.5 Å². The molecule has 2 rings (SSSR count). The third-order valence-corrected chi connectivity index (χ3v) is 3.06. The zero-order chi connectivity index (χ0) is 13.7. The Morgan fingerprint density at radius 3 is 2.58 bits per heavy atom. The molecule has 0 spiro atoms. The molecule has 0 aliphatic carbocycles. The third-order valence-electron chi connectivity index (χ3n) is 3.06. The standard InChI is InChI=1S/C14H16N4O/c1-14(10-15,12-5-3-2-4-6-12)18-13(19)11-7-8-16-17-9-11/h2-9H,10,15H2,1H3,(H,18,19). The summed E-state index contributed by atoms with van der Waals surface area (Å²) >= 11 is 0. The summed E-state index contributed by atoms with van der Waals surface area (Å²) in [6.07, 6.45) is 2.91. The number of amides is 1. The molecular formula is C14H16N4O. The second-order valence-corrected chi connectivity index (χ2v) is 4.49. The van der Waals surface area contributed by atoms with Crippen molar-refractivity contribution in [2.45, 2.75) is 12.5 Å². The molecular weight excluding hydrogens is 240 g/mol. The van der Waals surface area contributed by atoms with Crippen molar-refractivity contribution in [1.82, 2.24) is 15.5 Å². The highest BCUT2D eigenvalue weighted by Crippen LogP contribution is 2.19. The van der Waals surface area contributed by atoms with E-state index in [1.54, 1.807) is 6.07 Å². The minimum atomic E-state index is -0.610. The second-order valence-electron chi connectivity index (χ2n) is 4.49. The van der Waals surface area contributed by atoms with Gasteiger partial charge in [0.1, 0.15) is 0 Å². The fourth-order valence-corrected chi connectivity index (χ4v) is 1.79. The largest absolute Gasteiger partial charge is 0.341 e. The van der Waals surface area contributed by atoms with Gasteiger partial charge >= 0.3 is 0 Å². The van der Waals surface area contributed by atoms with Crippen molar-refractivity contribution in [1.29, 1.82) is 0 Å². The average molecular weight is 256 g/mol. The fourth-order valence-electron chi connectivity index (χ4n) is 1.79. The van der Waals surface area contributed by atoms with E-state index < -0.39 is 5.54 Å². The van der Waals surface area contributed by atoms with E-state index in [4.69, 9.17) is 5.73 Å². The topological polar surface area (TPSA) is 80.9 Å². The van der Waals surface area contributed by atoms with Crippen molar-refractivity contribution >= 4 is 5.91 Å². The number of carbonyl (C=O) groups is 1. The molecule has 1 atom stereocenters. The second kappa shape index (κ2) is 5.58. The molecule has 0 radical (unpaired) electrons. The Kier molecular flexibility index (Phi) is 3.87. The van der Waals surface area contributed by atoms with Crippen molar-refractivity contribution < 1.29 is 4.79 Å². The number of hydrogen-bond acceptors (Lipinski definition) is 4. The van der Waals surface area contributed by atoms with Gasteiger partial charge in [0, 0.05) is 6.54 Å². The molecule has 19 heavy (non-hydrogen) atoms. The number of aromatic nitrogens is 2. The Hall–Kier alpha value is -2.27. The first-order chi connectivity index (χ1) is 9.15. The van der Waals surface area contributed by atoms with E-state index in [1.807, 2.05) is 37.3 Å². The van der Waals surface area contributed by atoms with Gasteiger partial charge in [-0.2, -0.15) is 10.2 Å². The highest BCUT2D eigenvalue weighted by molar-refractivity contribution is 5.94. The van der Waals surface area contributed by atoms with E-state index in [2.05, 4.69) is 15.5 Å². The lowest BCUT2D eigenvalue weighted by atomic mass is 9.92. The van der Waals surface area contributed by atoms with E-state index in [0.717, 1.165) is 5.56 Å². The van der Waals surface area contributed by atoms with E-state index in [-0.39, 0.29) is 5.91 Å². The van der Waals surface area contributed by atoms with Crippen molar-refractivity contribution in [2.75, 3.05) is 6.54 Å². The van der Waals surface area contributed by atoms with Crippen LogP contribution in [0.4, 0.5) is 0 Å². The number of nitrogens with one attached hydrogen (secondary N) is 1. The first-order valence-corrected chi connectivity index (χ1v) is 6.00. The maximum absolute atomic E-state index is 12.2. The lowest BCUT2D eigenvalue weighted by Crippen LogP contribution is -2.48. The molecule has 5 heteroatoms. The molecule has 0 aliphatic rings. The summed E-state index contributed by atoms with van der Waals surface area (Å²) in [6, 6.07) is 11.3. The molecule has 98 valence electrons. The Labute approximate surface area is 111 Å². The summed E-state index contributed by atoms with van der Waals surface area (Å²) in [5.74, 6) is -0.216. The lowest BCUT2D eigenvalue weighted by Gasteiger charge is -2.30. The Morgan fingerprint density at radius 1 is 1.26 bits per heavy atom. The minimum Gasteiger partial charge on any atom is -0.341 e. The first-order valence-electron chi connectivity index (χ1n) is 6.00. The average Bonchev–Trinajstić information content (AvgIpc) is 2.49. The molecule has 1 aromatic carbocycles. The monoisotopic (exact) mass is 256 g/mol. The van der Waals surface area contributed by atoms with Crippen LogP contribution in [-0.2, 0) is 5.54 Å². The number of rotatable bonds is 4. The Balaban J connectivity index is 2.22. The molecule has 0 saturated carbocycles. The minimum absolute atomic E-state index is 0.216. The van der Waals surface area contributed by atoms with E-state index in [9.17, 15) is 4.79 Å². The summed E-state index contributed by atoms with van der Waals surface area (Å²) in [5.41, 5.74) is 6.64. The van der Waals surface area contributed by atoms with Gasteiger partial charge in [-0.3, -0.25) is 4.79 Å². The van der Waals surface area contributed by atoms with Crippen LogP contribution < -0.4 is 11.1 Å². The summed E-state index contributed by atoms with van der Waals surface area (Å²) in [4.78, 5) is 12.2. The molecule has 2 aromatic rings. The van der Waals surface area contributed by atoms with Crippen LogP contribution in [0.2, 0.25) is 0 Å². The highest BCUT2D eigenvalue weighted by Gasteiger charge is 2.27. The lowest BCUT2D eigenvalue weighted by molar-refractivity contribution is 0.0907. The van der Waals surface area contributed by atoms with Gasteiger partial charge in [-0.15, -0.1) is 0 Å². The van der Waals surface area contributed by atoms with Crippen LogP contribution in [0.3, 0.4) is 0 Å². The van der Waals surface area contributed by atoms with Gasteiger partial charge in [-0.05, 0) is 18.6 Å². The Bertz CT molecular complexity index is 544. The predicted octanol–water partition coefficient (Wildman–Crippen LogP) is 1.08. The molecule has 1 unspecified atom stereocenters. The SMILES string of the molecule is CC(CN)(NC(=O)c1ccnnc1)c1ccccc1. The summed E-state index contributed by atoms with van der Waals surface area (Å²) < 4.78 is 0. The zero-order valence-electron chi connectivity index (χ0n) is 10.7. The van der Waals surface area contributed by atoms with Crippen molar-refractivity contribution in [3.8, 4) is 0 Å². The number of benzene rings is 1. The van der Waals surface area contributed by atoms with E-state index in [1.165, 1.54) is 12.4 Å². The summed E-state index contributed by atoms with van der Waals surface area (Å²) in [7, 11) is 0. The third kappa shape index (κ3) is 2.95. The number of carbonyl (C=O) groups excluding carboxylic acids is 1. The smallest absolute Gasteiger partial charge is 0.253 e. The molecule has 1 aromatic heterocycles. The molecule has 3 N–H and O–H groups in total. The normalized spacial score (nSPS) is 13.6. The molecule has 1 heterocycles. The van der Waals surface area contributed by atoms with Gasteiger partial charge in [0.15, 0.2) is 0 Å². The van der Waals surface area contributed by atoms with Crippen molar-refractivity contribution in [2.24, 2.45) is 5.73 Å². The number of nitrogens with two attached hydrogens (primary N) is 1. The van der Waals surface area contributed by atoms with Crippen LogP contribution in [-0.4, -0.2) is 22.6 Å². The summed E-state index contributed by atoms with van der Waals surface area (Å²) in [5, 5.41) is 10.3. The molecule has 5 nitrogen and oxygen atoms in total. The van der Waals surface area contributed by atoms with E-state index in [0.29, 0.717) is 12.1 Å². The van der Waals surface area contributed by atoms with Crippen LogP contribution in [0.25, 0.3) is 0 Å². The molecule has 0 saturated heterocycles. The maximum Gasteiger partial charge on any atom is 0.253 e. The van der Waals surface area contributed by atoms with Gasteiger partial charge < -0.3 is 11.1 Å². The van der Waals surface area contributed by atoms with Crippen LogP contribution in [0, 0.1) is 0 Å². The quantitative estimate of drug-likeness (QED) is 0.857.